The Hall–Kier alpha value is -2.82. The second kappa shape index (κ2) is 7.38. The fraction of sp³-hybridized carbons (Fsp3) is 0.300. The number of rotatable bonds is 5. The van der Waals surface area contributed by atoms with Crippen molar-refractivity contribution in [2.24, 2.45) is 0 Å². The molecule has 0 radical (unpaired) electrons. The van der Waals surface area contributed by atoms with Crippen molar-refractivity contribution < 1.29 is 19.4 Å². The number of carbonyl (C=O) groups is 2. The van der Waals surface area contributed by atoms with E-state index in [0.29, 0.717) is 18.7 Å². The standard InChI is InChI=1S/C20H21NO4/c1-25-18-9-5-4-7-16(18)15-10-11-21(13-15)19(22)12-14-6-2-3-8-17(14)20(23)24/h2-9,15H,10-13H2,1H3,(H,23,24). The molecule has 2 aromatic rings. The summed E-state index contributed by atoms with van der Waals surface area (Å²) in [5, 5.41) is 9.25. The zero-order valence-electron chi connectivity index (χ0n) is 14.1. The minimum absolute atomic E-state index is 0.0360. The van der Waals surface area contributed by atoms with Crippen molar-refractivity contribution >= 4 is 11.9 Å². The molecule has 0 aromatic heterocycles. The number of nitrogens with zero attached hydrogens (tertiary/aromatic N) is 1. The zero-order valence-corrected chi connectivity index (χ0v) is 14.1. The Morgan fingerprint density at radius 2 is 1.88 bits per heavy atom. The lowest BCUT2D eigenvalue weighted by Gasteiger charge is -2.18. The molecule has 1 heterocycles. The second-order valence-electron chi connectivity index (χ2n) is 6.21. The molecular weight excluding hydrogens is 318 g/mol. The predicted molar refractivity (Wildman–Crippen MR) is 94.0 cm³/mol. The van der Waals surface area contributed by atoms with Crippen LogP contribution < -0.4 is 4.74 Å². The first kappa shape index (κ1) is 17.0. The largest absolute Gasteiger partial charge is 0.496 e. The fourth-order valence-corrected chi connectivity index (χ4v) is 3.40. The van der Waals surface area contributed by atoms with Crippen LogP contribution in [-0.4, -0.2) is 42.1 Å². The minimum atomic E-state index is -1.00. The highest BCUT2D eigenvalue weighted by Gasteiger charge is 2.29. The molecule has 1 aliphatic heterocycles. The van der Waals surface area contributed by atoms with Gasteiger partial charge in [-0.15, -0.1) is 0 Å². The van der Waals surface area contributed by atoms with Crippen molar-refractivity contribution in [3.63, 3.8) is 0 Å². The first-order valence-electron chi connectivity index (χ1n) is 8.32. The number of likely N-dealkylation sites (tertiary alicyclic amines) is 1. The van der Waals surface area contributed by atoms with Crippen LogP contribution in [0.3, 0.4) is 0 Å². The van der Waals surface area contributed by atoms with Crippen LogP contribution in [-0.2, 0) is 11.2 Å². The highest BCUT2D eigenvalue weighted by atomic mass is 16.5. The van der Waals surface area contributed by atoms with Crippen LogP contribution in [0.5, 0.6) is 5.75 Å². The maximum Gasteiger partial charge on any atom is 0.335 e. The van der Waals surface area contributed by atoms with E-state index in [9.17, 15) is 14.7 Å². The van der Waals surface area contributed by atoms with Gasteiger partial charge in [0.2, 0.25) is 5.91 Å². The number of carbonyl (C=O) groups excluding carboxylic acids is 1. The summed E-state index contributed by atoms with van der Waals surface area (Å²) < 4.78 is 5.42. The lowest BCUT2D eigenvalue weighted by Crippen LogP contribution is -2.30. The number of carboxylic acids is 1. The third-order valence-corrected chi connectivity index (χ3v) is 4.71. The summed E-state index contributed by atoms with van der Waals surface area (Å²) >= 11 is 0. The maximum atomic E-state index is 12.6. The molecule has 0 spiro atoms. The summed E-state index contributed by atoms with van der Waals surface area (Å²) in [6, 6.07) is 14.6. The van der Waals surface area contributed by atoms with Gasteiger partial charge in [0.1, 0.15) is 5.75 Å². The van der Waals surface area contributed by atoms with E-state index in [0.717, 1.165) is 17.7 Å². The smallest absolute Gasteiger partial charge is 0.335 e. The first-order chi connectivity index (χ1) is 12.1. The zero-order chi connectivity index (χ0) is 17.8. The summed E-state index contributed by atoms with van der Waals surface area (Å²) in [6.07, 6.45) is 0.994. The first-order valence-corrected chi connectivity index (χ1v) is 8.32. The normalized spacial score (nSPS) is 16.7. The number of amides is 1. The van der Waals surface area contributed by atoms with Crippen LogP contribution in [0.4, 0.5) is 0 Å². The number of aromatic carboxylic acids is 1. The van der Waals surface area contributed by atoms with Gasteiger partial charge in [0.15, 0.2) is 0 Å². The van der Waals surface area contributed by atoms with Crippen molar-refractivity contribution in [3.8, 4) is 5.75 Å². The van der Waals surface area contributed by atoms with Crippen LogP contribution in [0, 0.1) is 0 Å². The Bertz CT molecular complexity index is 787. The lowest BCUT2D eigenvalue weighted by atomic mass is 9.97. The van der Waals surface area contributed by atoms with Gasteiger partial charge in [0, 0.05) is 19.0 Å². The average Bonchev–Trinajstić information content (AvgIpc) is 3.12. The van der Waals surface area contributed by atoms with Crippen LogP contribution in [0.15, 0.2) is 48.5 Å². The quantitative estimate of drug-likeness (QED) is 0.909. The van der Waals surface area contributed by atoms with Crippen LogP contribution >= 0.6 is 0 Å². The summed E-state index contributed by atoms with van der Waals surface area (Å²) in [5.74, 6) is 0.0515. The van der Waals surface area contributed by atoms with Crippen LogP contribution in [0.2, 0.25) is 0 Å². The van der Waals surface area contributed by atoms with Crippen LogP contribution in [0.1, 0.15) is 33.8 Å². The molecule has 1 fully saturated rings. The lowest BCUT2D eigenvalue weighted by molar-refractivity contribution is -0.129. The third-order valence-electron chi connectivity index (χ3n) is 4.71. The summed E-state index contributed by atoms with van der Waals surface area (Å²) in [6.45, 7) is 1.31. The van der Waals surface area contributed by atoms with Crippen molar-refractivity contribution in [2.75, 3.05) is 20.2 Å². The van der Waals surface area contributed by atoms with E-state index in [1.54, 1.807) is 25.3 Å². The van der Waals surface area contributed by atoms with Gasteiger partial charge in [-0.25, -0.2) is 4.79 Å². The Morgan fingerprint density at radius 3 is 2.64 bits per heavy atom. The van der Waals surface area contributed by atoms with E-state index in [1.807, 2.05) is 29.2 Å². The number of para-hydroxylation sites is 1. The SMILES string of the molecule is COc1ccccc1C1CCN(C(=O)Cc2ccccc2C(=O)O)C1. The molecule has 1 N–H and O–H groups in total. The van der Waals surface area contributed by atoms with Crippen molar-refractivity contribution in [1.29, 1.82) is 0 Å². The molecule has 1 atom stereocenters. The topological polar surface area (TPSA) is 66.8 Å². The van der Waals surface area contributed by atoms with E-state index in [4.69, 9.17) is 4.74 Å². The number of ether oxygens (including phenoxy) is 1. The van der Waals surface area contributed by atoms with Gasteiger partial charge in [-0.1, -0.05) is 36.4 Å². The minimum Gasteiger partial charge on any atom is -0.496 e. The number of benzene rings is 2. The van der Waals surface area contributed by atoms with Gasteiger partial charge in [-0.2, -0.15) is 0 Å². The summed E-state index contributed by atoms with van der Waals surface area (Å²) in [5.41, 5.74) is 1.86. The molecule has 0 aliphatic carbocycles. The summed E-state index contributed by atoms with van der Waals surface area (Å²) in [7, 11) is 1.65. The molecule has 1 amide bonds. The second-order valence-corrected chi connectivity index (χ2v) is 6.21. The summed E-state index contributed by atoms with van der Waals surface area (Å²) in [4.78, 5) is 25.7. The number of hydrogen-bond acceptors (Lipinski definition) is 3. The van der Waals surface area contributed by atoms with Crippen molar-refractivity contribution in [2.45, 2.75) is 18.8 Å². The molecule has 0 bridgehead atoms. The number of methoxy groups -OCH3 is 1. The number of hydrogen-bond donors (Lipinski definition) is 1. The van der Waals surface area contributed by atoms with Gasteiger partial charge in [0.05, 0.1) is 19.1 Å². The fourth-order valence-electron chi connectivity index (χ4n) is 3.40. The highest BCUT2D eigenvalue weighted by Crippen LogP contribution is 2.33. The molecule has 5 nitrogen and oxygen atoms in total. The monoisotopic (exact) mass is 339 g/mol. The highest BCUT2D eigenvalue weighted by molar-refractivity contribution is 5.91. The molecule has 25 heavy (non-hydrogen) atoms. The van der Waals surface area contributed by atoms with Crippen LogP contribution in [0.25, 0.3) is 0 Å². The van der Waals surface area contributed by atoms with Gasteiger partial charge in [0.25, 0.3) is 0 Å². The Labute approximate surface area is 146 Å². The van der Waals surface area contributed by atoms with Crippen molar-refractivity contribution in [3.05, 3.63) is 65.2 Å². The third kappa shape index (κ3) is 3.65. The van der Waals surface area contributed by atoms with E-state index in [1.165, 1.54) is 6.07 Å². The molecule has 5 heteroatoms. The van der Waals surface area contributed by atoms with E-state index in [2.05, 4.69) is 0 Å². The maximum absolute atomic E-state index is 12.6. The number of carboxylic acid groups (broad SMARTS) is 1. The van der Waals surface area contributed by atoms with Gasteiger partial charge in [-0.3, -0.25) is 4.79 Å². The molecule has 3 rings (SSSR count). The van der Waals surface area contributed by atoms with E-state index in [-0.39, 0.29) is 23.8 Å². The Morgan fingerprint density at radius 1 is 1.16 bits per heavy atom. The molecule has 1 saturated heterocycles. The molecular formula is C20H21NO4. The van der Waals surface area contributed by atoms with Crippen molar-refractivity contribution in [1.82, 2.24) is 4.90 Å². The predicted octanol–water partition coefficient (Wildman–Crippen LogP) is 2.95. The molecule has 1 aliphatic rings. The molecule has 130 valence electrons. The van der Waals surface area contributed by atoms with Gasteiger partial charge >= 0.3 is 5.97 Å². The van der Waals surface area contributed by atoms with E-state index >= 15 is 0 Å². The van der Waals surface area contributed by atoms with E-state index < -0.39 is 5.97 Å². The molecule has 0 saturated carbocycles. The van der Waals surface area contributed by atoms with Gasteiger partial charge in [-0.05, 0) is 29.7 Å². The van der Waals surface area contributed by atoms with Gasteiger partial charge < -0.3 is 14.7 Å². The molecule has 1 unspecified atom stereocenters. The average molecular weight is 339 g/mol. The molecule has 2 aromatic carbocycles. The Balaban J connectivity index is 1.70. The Kier molecular flexibility index (Phi) is 5.03.